The number of aromatic nitrogens is 3. The first-order chi connectivity index (χ1) is 16.4. The molecule has 3 N–H and O–H groups in total. The van der Waals surface area contributed by atoms with E-state index in [4.69, 9.17) is 4.74 Å². The molecule has 0 aliphatic carbocycles. The van der Waals surface area contributed by atoms with Crippen molar-refractivity contribution in [1.82, 2.24) is 14.5 Å². The lowest BCUT2D eigenvalue weighted by Crippen LogP contribution is -2.31. The summed E-state index contributed by atoms with van der Waals surface area (Å²) in [7, 11) is 1.25. The summed E-state index contributed by atoms with van der Waals surface area (Å²) in [6.45, 7) is 2.00. The molecule has 2 aromatic heterocycles. The fraction of sp³-hybridized carbons (Fsp3) is 0.200. The molecule has 9 nitrogen and oxygen atoms in total. The number of benzene rings is 2. The highest BCUT2D eigenvalue weighted by Crippen LogP contribution is 2.21. The molecule has 0 aliphatic rings. The Balaban J connectivity index is 1.71. The lowest BCUT2D eigenvalue weighted by Gasteiger charge is -2.12. The zero-order valence-electron chi connectivity index (χ0n) is 18.7. The molecule has 4 rings (SSSR count). The zero-order chi connectivity index (χ0) is 24.2. The van der Waals surface area contributed by atoms with Crippen LogP contribution in [0.3, 0.4) is 0 Å². The highest BCUT2D eigenvalue weighted by Gasteiger charge is 2.21. The number of nitrogens with one attached hydrogen (secondary N) is 2. The van der Waals surface area contributed by atoms with Crippen LogP contribution in [0.5, 0.6) is 5.88 Å². The molecule has 9 heteroatoms. The minimum Gasteiger partial charge on any atom is -0.493 e. The largest absolute Gasteiger partial charge is 0.493 e. The Kier molecular flexibility index (Phi) is 6.44. The molecule has 0 amide bonds. The maximum absolute atomic E-state index is 12.4. The van der Waals surface area contributed by atoms with Gasteiger partial charge >= 0.3 is 11.7 Å². The first kappa shape index (κ1) is 22.8. The van der Waals surface area contributed by atoms with Crippen molar-refractivity contribution in [2.75, 3.05) is 7.11 Å². The Morgan fingerprint density at radius 3 is 2.62 bits per heavy atom. The number of H-pyrrole nitrogens is 2. The molecule has 1 atom stereocenters. The zero-order valence-corrected chi connectivity index (χ0v) is 18.7. The van der Waals surface area contributed by atoms with Crippen LogP contribution in [0.25, 0.3) is 16.6 Å². The van der Waals surface area contributed by atoms with Crippen LogP contribution in [-0.4, -0.2) is 45.0 Å². The van der Waals surface area contributed by atoms with E-state index in [1.165, 1.54) is 7.11 Å². The maximum Gasteiger partial charge on any atom is 0.335 e. The molecular weight excluding hydrogens is 436 g/mol. The first-order valence-electron chi connectivity index (χ1n) is 10.8. The van der Waals surface area contributed by atoms with Crippen molar-refractivity contribution in [2.24, 2.45) is 4.99 Å². The number of aliphatic imine (C=N–C) groups is 1. The third-order valence-corrected chi connectivity index (χ3v) is 5.67. The number of carbonyl (C=O) groups excluding carboxylic acids is 1. The second-order valence-corrected chi connectivity index (χ2v) is 7.73. The lowest BCUT2D eigenvalue weighted by atomic mass is 10.1. The van der Waals surface area contributed by atoms with Crippen molar-refractivity contribution < 1.29 is 14.6 Å². The minimum absolute atomic E-state index is 0.212. The van der Waals surface area contributed by atoms with Gasteiger partial charge in [-0.1, -0.05) is 37.3 Å². The van der Waals surface area contributed by atoms with E-state index in [-0.39, 0.29) is 12.0 Å². The van der Waals surface area contributed by atoms with Crippen LogP contribution in [0.2, 0.25) is 0 Å². The molecule has 0 radical (unpaired) electrons. The number of aromatic hydroxyl groups is 1. The third kappa shape index (κ3) is 4.40. The number of para-hydroxylation sites is 1. The van der Waals surface area contributed by atoms with Gasteiger partial charge in [0.2, 0.25) is 5.88 Å². The number of aryl methyl sites for hydroxylation is 1. The van der Waals surface area contributed by atoms with E-state index >= 15 is 0 Å². The molecular formula is C25H24N4O5. The van der Waals surface area contributed by atoms with Gasteiger partial charge in [-0.15, -0.1) is 0 Å². The predicted molar refractivity (Wildman–Crippen MR) is 129 cm³/mol. The molecule has 34 heavy (non-hydrogen) atoms. The first-order valence-corrected chi connectivity index (χ1v) is 10.8. The summed E-state index contributed by atoms with van der Waals surface area (Å²) in [6, 6.07) is 13.7. The van der Waals surface area contributed by atoms with Crippen LogP contribution < -0.4 is 11.2 Å². The van der Waals surface area contributed by atoms with Gasteiger partial charge in [0.1, 0.15) is 5.56 Å². The van der Waals surface area contributed by atoms with E-state index in [9.17, 15) is 19.5 Å². The summed E-state index contributed by atoms with van der Waals surface area (Å²) in [5.74, 6) is -1.17. The van der Waals surface area contributed by atoms with Gasteiger partial charge in [0.05, 0.1) is 12.8 Å². The molecule has 174 valence electrons. The third-order valence-electron chi connectivity index (χ3n) is 5.67. The van der Waals surface area contributed by atoms with Gasteiger partial charge in [0.25, 0.3) is 5.56 Å². The van der Waals surface area contributed by atoms with Crippen molar-refractivity contribution in [3.63, 3.8) is 0 Å². The SMILES string of the molecule is CCc1ccc(-n2c(O)c(C=NC(Cc3c[nH]c4ccccc34)C(=O)OC)c(=O)[nH]c2=O)cc1. The number of hydrogen-bond acceptors (Lipinski definition) is 6. The number of nitrogens with zero attached hydrogens (tertiary/aromatic N) is 2. The van der Waals surface area contributed by atoms with Crippen molar-refractivity contribution >= 4 is 23.1 Å². The number of esters is 1. The number of ether oxygens (including phenoxy) is 1. The quantitative estimate of drug-likeness (QED) is 0.288. The normalized spacial score (nSPS) is 12.3. The number of methoxy groups -OCH3 is 1. The monoisotopic (exact) mass is 460 g/mol. The van der Waals surface area contributed by atoms with E-state index in [1.807, 2.05) is 43.3 Å². The molecule has 2 heterocycles. The summed E-state index contributed by atoms with van der Waals surface area (Å²) in [5, 5.41) is 11.7. The second kappa shape index (κ2) is 9.62. The molecule has 0 aliphatic heterocycles. The Bertz CT molecular complexity index is 1480. The summed E-state index contributed by atoms with van der Waals surface area (Å²) in [4.78, 5) is 46.9. The van der Waals surface area contributed by atoms with E-state index < -0.39 is 29.1 Å². The fourth-order valence-corrected chi connectivity index (χ4v) is 3.78. The van der Waals surface area contributed by atoms with Gasteiger partial charge in [-0.3, -0.25) is 14.8 Å². The molecule has 0 spiro atoms. The van der Waals surface area contributed by atoms with E-state index in [0.29, 0.717) is 5.69 Å². The van der Waals surface area contributed by atoms with Crippen LogP contribution in [0.15, 0.2) is 69.3 Å². The Morgan fingerprint density at radius 1 is 1.18 bits per heavy atom. The summed E-state index contributed by atoms with van der Waals surface area (Å²) in [5.41, 5.74) is 1.36. The lowest BCUT2D eigenvalue weighted by molar-refractivity contribution is -0.142. The predicted octanol–water partition coefficient (Wildman–Crippen LogP) is 2.48. The van der Waals surface area contributed by atoms with Gasteiger partial charge in [-0.05, 0) is 35.7 Å². The molecule has 0 bridgehead atoms. The van der Waals surface area contributed by atoms with Crippen LogP contribution in [0.1, 0.15) is 23.6 Å². The van der Waals surface area contributed by atoms with Crippen LogP contribution in [0.4, 0.5) is 0 Å². The fourth-order valence-electron chi connectivity index (χ4n) is 3.78. The highest BCUT2D eigenvalue weighted by molar-refractivity contribution is 5.87. The topological polar surface area (TPSA) is 130 Å². The van der Waals surface area contributed by atoms with Gasteiger partial charge in [0.15, 0.2) is 6.04 Å². The average molecular weight is 460 g/mol. The van der Waals surface area contributed by atoms with E-state index in [1.54, 1.807) is 18.3 Å². The van der Waals surface area contributed by atoms with Gasteiger partial charge in [0, 0.05) is 29.7 Å². The van der Waals surface area contributed by atoms with Gasteiger partial charge < -0.3 is 14.8 Å². The standard InChI is InChI=1S/C25H24N4O5/c1-3-15-8-10-17(11-9-15)29-23(31)19(22(30)28-25(29)33)14-27-21(24(32)34-2)12-16-13-26-20-7-5-4-6-18(16)20/h4-11,13-14,21,26,31H,3,12H2,1-2H3,(H,28,30,33). The van der Waals surface area contributed by atoms with E-state index in [0.717, 1.165) is 39.2 Å². The van der Waals surface area contributed by atoms with Crippen LogP contribution in [-0.2, 0) is 22.4 Å². The number of rotatable bonds is 7. The van der Waals surface area contributed by atoms with Gasteiger partial charge in [-0.2, -0.15) is 0 Å². The summed E-state index contributed by atoms with van der Waals surface area (Å²) in [6.07, 6.45) is 3.92. The molecule has 2 aromatic carbocycles. The number of carbonyl (C=O) groups is 1. The maximum atomic E-state index is 12.4. The Morgan fingerprint density at radius 2 is 1.91 bits per heavy atom. The number of aromatic amines is 2. The van der Waals surface area contributed by atoms with Crippen LogP contribution in [0, 0.1) is 0 Å². The smallest absolute Gasteiger partial charge is 0.335 e. The van der Waals surface area contributed by atoms with Crippen molar-refractivity contribution in [3.05, 3.63) is 92.3 Å². The summed E-state index contributed by atoms with van der Waals surface area (Å²) < 4.78 is 5.87. The van der Waals surface area contributed by atoms with Crippen molar-refractivity contribution in [1.29, 1.82) is 0 Å². The van der Waals surface area contributed by atoms with Crippen LogP contribution >= 0.6 is 0 Å². The summed E-state index contributed by atoms with van der Waals surface area (Å²) >= 11 is 0. The molecule has 0 saturated carbocycles. The Labute approximate surface area is 194 Å². The highest BCUT2D eigenvalue weighted by atomic mass is 16.5. The van der Waals surface area contributed by atoms with E-state index in [2.05, 4.69) is 15.0 Å². The molecule has 0 fully saturated rings. The molecule has 0 saturated heterocycles. The second-order valence-electron chi connectivity index (χ2n) is 7.73. The molecule has 1 unspecified atom stereocenters. The Hall–Kier alpha value is -4.40. The van der Waals surface area contributed by atoms with Crippen molar-refractivity contribution in [3.8, 4) is 11.6 Å². The average Bonchev–Trinajstić information content (AvgIpc) is 3.25. The van der Waals surface area contributed by atoms with Gasteiger partial charge in [-0.25, -0.2) is 14.2 Å². The van der Waals surface area contributed by atoms with Crippen molar-refractivity contribution in [2.45, 2.75) is 25.8 Å². The number of fused-ring (bicyclic) bond motifs is 1. The molecule has 4 aromatic rings. The number of hydrogen-bond donors (Lipinski definition) is 3. The minimum atomic E-state index is -0.966.